The molecule has 0 atom stereocenters. The molecule has 0 aliphatic carbocycles. The number of rotatable bonds is 5. The third kappa shape index (κ3) is 4.25. The van der Waals surface area contributed by atoms with Gasteiger partial charge < -0.3 is 14.6 Å². The zero-order chi connectivity index (χ0) is 22.8. The molecule has 2 aromatic carbocycles. The molecule has 3 aromatic rings. The van der Waals surface area contributed by atoms with E-state index in [2.05, 4.69) is 5.32 Å². The van der Waals surface area contributed by atoms with Crippen LogP contribution in [0.25, 0.3) is 11.1 Å². The molecule has 0 radical (unpaired) electrons. The van der Waals surface area contributed by atoms with Crippen LogP contribution in [0.5, 0.6) is 0 Å². The van der Waals surface area contributed by atoms with E-state index in [1.54, 1.807) is 11.0 Å². The lowest BCUT2D eigenvalue weighted by atomic mass is 10.0. The van der Waals surface area contributed by atoms with Crippen molar-refractivity contribution in [1.82, 2.24) is 14.8 Å². The largest absolute Gasteiger partial charge is 0.420 e. The number of hydrogen-bond acceptors (Lipinski definition) is 6. The molecular formula is C22H22N4O6. The number of amides is 2. The van der Waals surface area contributed by atoms with Crippen LogP contribution in [-0.2, 0) is 11.3 Å². The summed E-state index contributed by atoms with van der Waals surface area (Å²) >= 11 is 0. The van der Waals surface area contributed by atoms with Gasteiger partial charge >= 0.3 is 5.76 Å². The van der Waals surface area contributed by atoms with E-state index in [0.717, 1.165) is 5.56 Å². The van der Waals surface area contributed by atoms with Gasteiger partial charge in [0.15, 0.2) is 5.58 Å². The SMILES string of the molecule is Cc1ccccc1C(=O)NC1CCN(C(=O)Cn2c(=O)oc3cc([N+](=O)[O-])ccc32)CC1. The minimum absolute atomic E-state index is 0.0378. The van der Waals surface area contributed by atoms with Gasteiger partial charge in [-0.2, -0.15) is 0 Å². The third-order valence-corrected chi connectivity index (χ3v) is 5.73. The first-order chi connectivity index (χ1) is 15.3. The van der Waals surface area contributed by atoms with Crippen LogP contribution in [0.15, 0.2) is 51.7 Å². The summed E-state index contributed by atoms with van der Waals surface area (Å²) < 4.78 is 6.25. The number of benzene rings is 2. The Morgan fingerprint density at radius 2 is 1.91 bits per heavy atom. The number of nitrogens with zero attached hydrogens (tertiary/aromatic N) is 3. The fourth-order valence-electron chi connectivity index (χ4n) is 3.92. The van der Waals surface area contributed by atoms with E-state index in [-0.39, 0.29) is 35.7 Å². The van der Waals surface area contributed by atoms with Gasteiger partial charge in [-0.05, 0) is 37.5 Å². The molecule has 0 unspecified atom stereocenters. The highest BCUT2D eigenvalue weighted by Gasteiger charge is 2.26. The van der Waals surface area contributed by atoms with Crippen molar-refractivity contribution < 1.29 is 18.9 Å². The van der Waals surface area contributed by atoms with Crippen molar-refractivity contribution in [1.29, 1.82) is 0 Å². The van der Waals surface area contributed by atoms with Crippen LogP contribution in [0.4, 0.5) is 5.69 Å². The highest BCUT2D eigenvalue weighted by atomic mass is 16.6. The number of oxazole rings is 1. The van der Waals surface area contributed by atoms with Gasteiger partial charge in [0.1, 0.15) is 6.54 Å². The second-order valence-electron chi connectivity index (χ2n) is 7.81. The second-order valence-corrected chi connectivity index (χ2v) is 7.81. The van der Waals surface area contributed by atoms with E-state index in [0.29, 0.717) is 37.0 Å². The molecule has 2 amide bonds. The average molecular weight is 438 g/mol. The number of aromatic nitrogens is 1. The van der Waals surface area contributed by atoms with Crippen LogP contribution in [0, 0.1) is 17.0 Å². The van der Waals surface area contributed by atoms with Gasteiger partial charge in [-0.25, -0.2) is 4.79 Å². The molecule has 1 fully saturated rings. The number of hydrogen-bond donors (Lipinski definition) is 1. The van der Waals surface area contributed by atoms with Crippen molar-refractivity contribution in [3.8, 4) is 0 Å². The normalized spacial score (nSPS) is 14.5. The monoisotopic (exact) mass is 438 g/mol. The first-order valence-electron chi connectivity index (χ1n) is 10.3. The number of nitro benzene ring substituents is 1. The molecule has 0 spiro atoms. The lowest BCUT2D eigenvalue weighted by molar-refractivity contribution is -0.384. The predicted octanol–water partition coefficient (Wildman–Crippen LogP) is 2.23. The summed E-state index contributed by atoms with van der Waals surface area (Å²) in [7, 11) is 0. The fourth-order valence-corrected chi connectivity index (χ4v) is 3.92. The summed E-state index contributed by atoms with van der Waals surface area (Å²) in [6, 6.07) is 11.2. The molecule has 10 heteroatoms. The molecule has 1 aliphatic rings. The van der Waals surface area contributed by atoms with E-state index in [1.165, 1.54) is 22.8 Å². The van der Waals surface area contributed by atoms with Crippen LogP contribution in [0.3, 0.4) is 0 Å². The Hall–Kier alpha value is -3.95. The number of fused-ring (bicyclic) bond motifs is 1. The van der Waals surface area contributed by atoms with Gasteiger partial charge in [0.2, 0.25) is 5.91 Å². The maximum atomic E-state index is 12.8. The molecule has 1 saturated heterocycles. The molecular weight excluding hydrogens is 416 g/mol. The lowest BCUT2D eigenvalue weighted by Gasteiger charge is -2.32. The van der Waals surface area contributed by atoms with Gasteiger partial charge in [-0.3, -0.25) is 24.3 Å². The zero-order valence-corrected chi connectivity index (χ0v) is 17.4. The summed E-state index contributed by atoms with van der Waals surface area (Å²) in [6.07, 6.45) is 1.22. The Morgan fingerprint density at radius 1 is 1.19 bits per heavy atom. The van der Waals surface area contributed by atoms with E-state index in [1.807, 2.05) is 25.1 Å². The average Bonchev–Trinajstić information content (AvgIpc) is 3.08. The Kier molecular flexibility index (Phi) is 5.76. The molecule has 1 N–H and O–H groups in total. The maximum Gasteiger partial charge on any atom is 0.420 e. The fraction of sp³-hybridized carbons (Fsp3) is 0.318. The van der Waals surface area contributed by atoms with E-state index in [9.17, 15) is 24.5 Å². The number of aryl methyl sites for hydroxylation is 1. The molecule has 0 bridgehead atoms. The van der Waals surface area contributed by atoms with Crippen LogP contribution in [0.1, 0.15) is 28.8 Å². The zero-order valence-electron chi connectivity index (χ0n) is 17.4. The highest BCUT2D eigenvalue weighted by molar-refractivity contribution is 5.95. The number of piperidine rings is 1. The maximum absolute atomic E-state index is 12.8. The summed E-state index contributed by atoms with van der Waals surface area (Å²) in [5, 5.41) is 13.9. The van der Waals surface area contributed by atoms with Gasteiger partial charge in [-0.1, -0.05) is 18.2 Å². The minimum atomic E-state index is -0.741. The number of likely N-dealkylation sites (tertiary alicyclic amines) is 1. The summed E-state index contributed by atoms with van der Waals surface area (Å²) in [6.45, 7) is 2.57. The quantitative estimate of drug-likeness (QED) is 0.481. The van der Waals surface area contributed by atoms with Gasteiger partial charge in [0.05, 0.1) is 16.5 Å². The Balaban J connectivity index is 1.37. The second kappa shape index (κ2) is 8.66. The number of non-ortho nitro benzene ring substituents is 1. The molecule has 166 valence electrons. The first-order valence-corrected chi connectivity index (χ1v) is 10.3. The molecule has 1 aromatic heterocycles. The predicted molar refractivity (Wildman–Crippen MR) is 115 cm³/mol. The van der Waals surface area contributed by atoms with E-state index in [4.69, 9.17) is 4.42 Å². The van der Waals surface area contributed by atoms with Crippen molar-refractivity contribution in [3.05, 3.63) is 74.3 Å². The molecule has 0 saturated carbocycles. The molecule has 4 rings (SSSR count). The van der Waals surface area contributed by atoms with Crippen molar-refractivity contribution in [3.63, 3.8) is 0 Å². The van der Waals surface area contributed by atoms with Crippen LogP contribution >= 0.6 is 0 Å². The molecule has 2 heterocycles. The van der Waals surface area contributed by atoms with Crippen LogP contribution < -0.4 is 11.1 Å². The van der Waals surface area contributed by atoms with Crippen molar-refractivity contribution >= 4 is 28.6 Å². The van der Waals surface area contributed by atoms with Gasteiger partial charge in [0, 0.05) is 30.8 Å². The number of carbonyl (C=O) groups is 2. The minimum Gasteiger partial charge on any atom is -0.407 e. The van der Waals surface area contributed by atoms with Crippen molar-refractivity contribution in [2.75, 3.05) is 13.1 Å². The topological polar surface area (TPSA) is 128 Å². The van der Waals surface area contributed by atoms with Crippen LogP contribution in [-0.4, -0.2) is 45.3 Å². The Labute approximate surface area is 182 Å². The summed E-state index contributed by atoms with van der Waals surface area (Å²) in [5.74, 6) is -1.12. The Morgan fingerprint density at radius 3 is 2.59 bits per heavy atom. The van der Waals surface area contributed by atoms with Gasteiger partial charge in [0.25, 0.3) is 11.6 Å². The van der Waals surface area contributed by atoms with E-state index >= 15 is 0 Å². The lowest BCUT2D eigenvalue weighted by Crippen LogP contribution is -2.47. The molecule has 32 heavy (non-hydrogen) atoms. The standard InChI is InChI=1S/C22H22N4O6/c1-14-4-2-3-5-17(14)21(28)23-15-8-10-24(11-9-15)20(27)13-25-18-7-6-16(26(30)31)12-19(18)32-22(25)29/h2-7,12,15H,8-11,13H2,1H3,(H,23,28). The number of nitrogens with one attached hydrogen (secondary N) is 1. The van der Waals surface area contributed by atoms with Crippen molar-refractivity contribution in [2.24, 2.45) is 0 Å². The first kappa shape index (κ1) is 21.3. The van der Waals surface area contributed by atoms with Crippen molar-refractivity contribution in [2.45, 2.75) is 32.4 Å². The third-order valence-electron chi connectivity index (χ3n) is 5.73. The van der Waals surface area contributed by atoms with Crippen LogP contribution in [0.2, 0.25) is 0 Å². The number of nitro groups is 1. The highest BCUT2D eigenvalue weighted by Crippen LogP contribution is 2.20. The summed E-state index contributed by atoms with van der Waals surface area (Å²) in [5.41, 5.74) is 1.74. The smallest absolute Gasteiger partial charge is 0.407 e. The summed E-state index contributed by atoms with van der Waals surface area (Å²) in [4.78, 5) is 49.4. The number of carbonyl (C=O) groups excluding carboxylic acids is 2. The molecule has 1 aliphatic heterocycles. The Bertz CT molecular complexity index is 1250. The van der Waals surface area contributed by atoms with E-state index < -0.39 is 10.7 Å². The van der Waals surface area contributed by atoms with Gasteiger partial charge in [-0.15, -0.1) is 0 Å². The molecule has 10 nitrogen and oxygen atoms in total.